The molecule has 1 aromatic carbocycles. The molecule has 7 nitrogen and oxygen atoms in total. The van der Waals surface area contributed by atoms with E-state index in [-0.39, 0.29) is 10.8 Å². The maximum atomic E-state index is 12.5. The number of hydrogen-bond donors (Lipinski definition) is 1. The van der Waals surface area contributed by atoms with Gasteiger partial charge in [-0.1, -0.05) is 26.0 Å². The van der Waals surface area contributed by atoms with Crippen LogP contribution in [0.15, 0.2) is 35.2 Å². The van der Waals surface area contributed by atoms with Crippen LogP contribution >= 0.6 is 0 Å². The molecule has 144 valence electrons. The number of carbonyl (C=O) groups excluding carboxylic acids is 1. The van der Waals surface area contributed by atoms with Crippen molar-refractivity contribution in [3.05, 3.63) is 35.9 Å². The van der Waals surface area contributed by atoms with Gasteiger partial charge >= 0.3 is 0 Å². The van der Waals surface area contributed by atoms with Gasteiger partial charge in [0.25, 0.3) is 5.91 Å². The van der Waals surface area contributed by atoms with Crippen LogP contribution in [-0.2, 0) is 14.8 Å². The quantitative estimate of drug-likeness (QED) is 0.715. The molecule has 0 aliphatic carbocycles. The van der Waals surface area contributed by atoms with Gasteiger partial charge in [0.05, 0.1) is 4.90 Å². The lowest BCUT2D eigenvalue weighted by molar-refractivity contribution is -0.121. The monoisotopic (exact) mass is 380 g/mol. The number of nitrogens with one attached hydrogen (secondary N) is 1. The van der Waals surface area contributed by atoms with E-state index in [1.165, 1.54) is 10.4 Å². The van der Waals surface area contributed by atoms with E-state index in [1.54, 1.807) is 30.3 Å². The number of nitrogens with zero attached hydrogens (tertiary/aromatic N) is 3. The second-order valence-electron chi connectivity index (χ2n) is 6.26. The van der Waals surface area contributed by atoms with Crippen molar-refractivity contribution in [1.29, 1.82) is 0 Å². The van der Waals surface area contributed by atoms with Gasteiger partial charge in [-0.3, -0.25) is 10.2 Å². The summed E-state index contributed by atoms with van der Waals surface area (Å²) in [4.78, 5) is 14.5. The van der Waals surface area contributed by atoms with Crippen LogP contribution in [0.1, 0.15) is 19.4 Å². The molecule has 1 aliphatic rings. The molecule has 1 saturated heterocycles. The molecule has 1 amide bonds. The fourth-order valence-electron chi connectivity index (χ4n) is 2.75. The zero-order valence-electron chi connectivity index (χ0n) is 15.7. The number of hydrazine groups is 1. The first kappa shape index (κ1) is 20.6. The summed E-state index contributed by atoms with van der Waals surface area (Å²) in [6.45, 7) is 7.95. The van der Waals surface area contributed by atoms with Gasteiger partial charge in [-0.2, -0.15) is 4.31 Å². The Kier molecular flexibility index (Phi) is 7.33. The third kappa shape index (κ3) is 5.38. The third-order valence-corrected chi connectivity index (χ3v) is 6.49. The molecule has 1 heterocycles. The van der Waals surface area contributed by atoms with Crippen LogP contribution in [0.2, 0.25) is 0 Å². The molecule has 0 aromatic heterocycles. The molecule has 1 N–H and O–H groups in total. The number of sulfonamides is 1. The predicted octanol–water partition coefficient (Wildman–Crippen LogP) is 1.01. The Morgan fingerprint density at radius 2 is 1.69 bits per heavy atom. The van der Waals surface area contributed by atoms with Crippen molar-refractivity contribution in [3.63, 3.8) is 0 Å². The molecule has 26 heavy (non-hydrogen) atoms. The summed E-state index contributed by atoms with van der Waals surface area (Å²) in [6, 6.07) is 6.56. The summed E-state index contributed by atoms with van der Waals surface area (Å²) in [6.07, 6.45) is 3.14. The summed E-state index contributed by atoms with van der Waals surface area (Å²) in [5, 5.41) is 1.91. The van der Waals surface area contributed by atoms with Gasteiger partial charge in [0.15, 0.2) is 0 Å². The first-order valence-corrected chi connectivity index (χ1v) is 10.3. The number of benzene rings is 1. The maximum absolute atomic E-state index is 12.5. The molecule has 1 fully saturated rings. The maximum Gasteiger partial charge on any atom is 0.258 e. The van der Waals surface area contributed by atoms with E-state index in [1.807, 2.05) is 18.9 Å². The lowest BCUT2D eigenvalue weighted by Crippen LogP contribution is -2.52. The Morgan fingerprint density at radius 1 is 1.12 bits per heavy atom. The first-order valence-electron chi connectivity index (χ1n) is 8.89. The lowest BCUT2D eigenvalue weighted by Gasteiger charge is -2.31. The van der Waals surface area contributed by atoms with E-state index in [0.717, 1.165) is 31.7 Å². The topological polar surface area (TPSA) is 73.0 Å². The van der Waals surface area contributed by atoms with Crippen molar-refractivity contribution in [3.8, 4) is 0 Å². The van der Waals surface area contributed by atoms with Crippen molar-refractivity contribution in [2.75, 3.05) is 46.3 Å². The highest BCUT2D eigenvalue weighted by Crippen LogP contribution is 2.16. The predicted molar refractivity (Wildman–Crippen MR) is 103 cm³/mol. The summed E-state index contributed by atoms with van der Waals surface area (Å²) in [5.74, 6) is -0.186. The minimum atomic E-state index is -3.45. The minimum Gasteiger partial charge on any atom is -0.304 e. The van der Waals surface area contributed by atoms with Crippen LogP contribution in [0.3, 0.4) is 0 Å². The molecule has 1 aromatic rings. The zero-order valence-corrected chi connectivity index (χ0v) is 16.5. The van der Waals surface area contributed by atoms with Gasteiger partial charge in [-0.05, 0) is 30.8 Å². The largest absolute Gasteiger partial charge is 0.304 e. The Balaban J connectivity index is 1.96. The third-order valence-electron chi connectivity index (χ3n) is 4.42. The fraction of sp³-hybridized carbons (Fsp3) is 0.500. The van der Waals surface area contributed by atoms with Crippen LogP contribution in [0.4, 0.5) is 0 Å². The van der Waals surface area contributed by atoms with Gasteiger partial charge in [0.1, 0.15) is 0 Å². The highest BCUT2D eigenvalue weighted by Gasteiger charge is 2.21. The number of piperazine rings is 1. The SMILES string of the molecule is CCN(CC)S(=O)(=O)c1ccc(/C=C/C(=O)NN2CCN(C)CC2)cc1. The van der Waals surface area contributed by atoms with Crippen LogP contribution < -0.4 is 5.43 Å². The van der Waals surface area contributed by atoms with Crippen molar-refractivity contribution in [2.24, 2.45) is 0 Å². The van der Waals surface area contributed by atoms with Crippen LogP contribution in [0.5, 0.6) is 0 Å². The highest BCUT2D eigenvalue weighted by molar-refractivity contribution is 7.89. The number of hydrogen-bond acceptors (Lipinski definition) is 5. The summed E-state index contributed by atoms with van der Waals surface area (Å²) in [7, 11) is -1.39. The molecule has 1 aliphatic heterocycles. The van der Waals surface area contributed by atoms with E-state index in [9.17, 15) is 13.2 Å². The summed E-state index contributed by atoms with van der Waals surface area (Å²) < 4.78 is 26.3. The van der Waals surface area contributed by atoms with E-state index >= 15 is 0 Å². The summed E-state index contributed by atoms with van der Waals surface area (Å²) in [5.41, 5.74) is 3.63. The van der Waals surface area contributed by atoms with Gasteiger partial charge in [-0.25, -0.2) is 13.4 Å². The standard InChI is InChI=1S/C18H28N4O3S/c1-4-22(5-2)26(24,25)17-9-6-16(7-10-17)8-11-18(23)19-21-14-12-20(3)13-15-21/h6-11H,4-5,12-15H2,1-3H3,(H,19,23)/b11-8+. The molecule has 0 radical (unpaired) electrons. The normalized spacial score (nSPS) is 17.1. The fourth-order valence-corrected chi connectivity index (χ4v) is 4.20. The smallest absolute Gasteiger partial charge is 0.258 e. The van der Waals surface area contributed by atoms with Crippen LogP contribution in [-0.4, -0.2) is 74.9 Å². The molecular formula is C18H28N4O3S. The van der Waals surface area contributed by atoms with E-state index in [2.05, 4.69) is 17.4 Å². The average Bonchev–Trinajstić information content (AvgIpc) is 2.63. The number of rotatable bonds is 7. The molecule has 0 unspecified atom stereocenters. The van der Waals surface area contributed by atoms with Gasteiger partial charge in [0, 0.05) is 45.3 Å². The Morgan fingerprint density at radius 3 is 2.23 bits per heavy atom. The van der Waals surface area contributed by atoms with Crippen molar-refractivity contribution >= 4 is 22.0 Å². The second kappa shape index (κ2) is 9.27. The molecular weight excluding hydrogens is 352 g/mol. The second-order valence-corrected chi connectivity index (χ2v) is 8.20. The summed E-state index contributed by atoms with van der Waals surface area (Å²) >= 11 is 0. The first-order chi connectivity index (χ1) is 12.4. The van der Waals surface area contributed by atoms with E-state index in [4.69, 9.17) is 0 Å². The van der Waals surface area contributed by atoms with Crippen molar-refractivity contribution in [1.82, 2.24) is 19.6 Å². The highest BCUT2D eigenvalue weighted by atomic mass is 32.2. The van der Waals surface area contributed by atoms with Crippen LogP contribution in [0.25, 0.3) is 6.08 Å². The van der Waals surface area contributed by atoms with E-state index in [0.29, 0.717) is 13.1 Å². The van der Waals surface area contributed by atoms with Crippen molar-refractivity contribution < 1.29 is 13.2 Å². The van der Waals surface area contributed by atoms with Gasteiger partial charge < -0.3 is 4.90 Å². The Labute approximate surface area is 156 Å². The molecule has 2 rings (SSSR count). The molecule has 8 heteroatoms. The lowest BCUT2D eigenvalue weighted by atomic mass is 10.2. The number of amides is 1. The molecule has 0 saturated carbocycles. The van der Waals surface area contributed by atoms with Crippen molar-refractivity contribution in [2.45, 2.75) is 18.7 Å². The Bertz CT molecular complexity index is 719. The average molecular weight is 381 g/mol. The minimum absolute atomic E-state index is 0.186. The van der Waals surface area contributed by atoms with Crippen LogP contribution in [0, 0.1) is 0 Å². The zero-order chi connectivity index (χ0) is 19.2. The molecule has 0 atom stereocenters. The molecule has 0 bridgehead atoms. The Hall–Kier alpha value is -1.74. The number of likely N-dealkylation sites (N-methyl/N-ethyl adjacent to an activating group) is 1. The number of carbonyl (C=O) groups is 1. The van der Waals surface area contributed by atoms with Gasteiger partial charge in [0.2, 0.25) is 10.0 Å². The molecule has 0 spiro atoms. The van der Waals surface area contributed by atoms with Gasteiger partial charge in [-0.15, -0.1) is 0 Å². The van der Waals surface area contributed by atoms with E-state index < -0.39 is 10.0 Å².